The van der Waals surface area contributed by atoms with E-state index in [1.165, 1.54) is 13.8 Å². The molecule has 0 saturated heterocycles. The first kappa shape index (κ1) is 20.8. The van der Waals surface area contributed by atoms with Crippen molar-refractivity contribution in [1.29, 1.82) is 0 Å². The van der Waals surface area contributed by atoms with Crippen LogP contribution >= 0.6 is 0 Å². The van der Waals surface area contributed by atoms with Crippen LogP contribution in [0.25, 0.3) is 0 Å². The van der Waals surface area contributed by atoms with Crippen LogP contribution < -0.4 is 9.84 Å². The molecule has 1 aromatic rings. The standard InChI is InChI=1S/C17H21F3O5/c1-9(2)13(17(19,20)15(22)23)24-14(21)11-7-6-10(18)8-12(11)25-16(3,4)5/h6-9,13H,1-5H3,(H,22,23)/p-1. The molecule has 1 unspecified atom stereocenters. The molecule has 0 aromatic heterocycles. The molecule has 0 saturated carbocycles. The normalized spacial score (nSPS) is 13.5. The van der Waals surface area contributed by atoms with Crippen LogP contribution in [-0.2, 0) is 9.53 Å². The summed E-state index contributed by atoms with van der Waals surface area (Å²) in [6, 6.07) is 2.88. The molecule has 1 rings (SSSR count). The Morgan fingerprint density at radius 1 is 1.16 bits per heavy atom. The Morgan fingerprint density at radius 2 is 1.72 bits per heavy atom. The number of rotatable bonds is 6. The highest BCUT2D eigenvalue weighted by Gasteiger charge is 2.46. The molecule has 0 spiro atoms. The monoisotopic (exact) mass is 361 g/mol. The van der Waals surface area contributed by atoms with Gasteiger partial charge in [0.1, 0.15) is 28.7 Å². The summed E-state index contributed by atoms with van der Waals surface area (Å²) in [7, 11) is 0. The molecular formula is C17H20F3O5-. The molecule has 1 aromatic carbocycles. The summed E-state index contributed by atoms with van der Waals surface area (Å²) >= 11 is 0. The van der Waals surface area contributed by atoms with Crippen LogP contribution in [0.2, 0.25) is 0 Å². The lowest BCUT2D eigenvalue weighted by molar-refractivity contribution is -0.337. The summed E-state index contributed by atoms with van der Waals surface area (Å²) in [5.41, 5.74) is -1.09. The second-order valence-corrected chi connectivity index (χ2v) is 6.84. The SMILES string of the molecule is CC(C)C(OC(=O)c1ccc(F)cc1OC(C)(C)C)C(F)(F)C(=O)[O-]. The summed E-state index contributed by atoms with van der Waals surface area (Å²) in [4.78, 5) is 22.9. The van der Waals surface area contributed by atoms with E-state index >= 15 is 0 Å². The van der Waals surface area contributed by atoms with Crippen molar-refractivity contribution in [3.05, 3.63) is 29.6 Å². The zero-order valence-electron chi connectivity index (χ0n) is 14.6. The Balaban J connectivity index is 3.20. The number of hydrogen-bond acceptors (Lipinski definition) is 5. The smallest absolute Gasteiger partial charge is 0.342 e. The minimum absolute atomic E-state index is 0.197. The van der Waals surface area contributed by atoms with Crippen LogP contribution in [0.1, 0.15) is 45.0 Å². The third-order valence-electron chi connectivity index (χ3n) is 3.05. The predicted octanol–water partition coefficient (Wildman–Crippen LogP) is 2.57. The number of aliphatic carboxylic acids is 1. The number of alkyl halides is 2. The zero-order valence-corrected chi connectivity index (χ0v) is 14.6. The molecule has 0 N–H and O–H groups in total. The predicted molar refractivity (Wildman–Crippen MR) is 80.8 cm³/mol. The fourth-order valence-electron chi connectivity index (χ4n) is 2.00. The molecule has 5 nitrogen and oxygen atoms in total. The van der Waals surface area contributed by atoms with E-state index in [0.29, 0.717) is 0 Å². The first-order valence-electron chi connectivity index (χ1n) is 7.54. The maximum atomic E-state index is 13.7. The number of benzene rings is 1. The van der Waals surface area contributed by atoms with Crippen molar-refractivity contribution in [3.63, 3.8) is 0 Å². The second kappa shape index (κ2) is 7.33. The van der Waals surface area contributed by atoms with Crippen LogP contribution in [0, 0.1) is 11.7 Å². The molecule has 0 aliphatic heterocycles. The van der Waals surface area contributed by atoms with Gasteiger partial charge in [0.2, 0.25) is 0 Å². The van der Waals surface area contributed by atoms with Gasteiger partial charge in [-0.05, 0) is 38.8 Å². The average molecular weight is 361 g/mol. The van der Waals surface area contributed by atoms with Gasteiger partial charge in [0.15, 0.2) is 6.10 Å². The van der Waals surface area contributed by atoms with Gasteiger partial charge in [-0.25, -0.2) is 9.18 Å². The van der Waals surface area contributed by atoms with Crippen LogP contribution in [0.15, 0.2) is 18.2 Å². The molecule has 140 valence electrons. The largest absolute Gasteiger partial charge is 0.544 e. The maximum Gasteiger partial charge on any atom is 0.342 e. The number of ether oxygens (including phenoxy) is 2. The summed E-state index contributed by atoms with van der Waals surface area (Å²) in [6.07, 6.45) is -2.25. The van der Waals surface area contributed by atoms with Crippen molar-refractivity contribution >= 4 is 11.9 Å². The van der Waals surface area contributed by atoms with E-state index in [4.69, 9.17) is 9.47 Å². The first-order valence-corrected chi connectivity index (χ1v) is 7.54. The molecule has 0 bridgehead atoms. The summed E-state index contributed by atoms with van der Waals surface area (Å²) in [5.74, 6) is -10.2. The molecule has 0 amide bonds. The van der Waals surface area contributed by atoms with Crippen molar-refractivity contribution < 1.29 is 37.3 Å². The Hall–Kier alpha value is -2.25. The molecule has 25 heavy (non-hydrogen) atoms. The zero-order chi connectivity index (χ0) is 19.6. The van der Waals surface area contributed by atoms with E-state index in [2.05, 4.69) is 0 Å². The van der Waals surface area contributed by atoms with Gasteiger partial charge in [0.25, 0.3) is 0 Å². The van der Waals surface area contributed by atoms with E-state index in [9.17, 15) is 27.9 Å². The topological polar surface area (TPSA) is 75.7 Å². The molecule has 0 aliphatic carbocycles. The summed E-state index contributed by atoms with van der Waals surface area (Å²) in [6.45, 7) is 7.48. The van der Waals surface area contributed by atoms with E-state index < -0.39 is 41.3 Å². The maximum absolute atomic E-state index is 13.7. The van der Waals surface area contributed by atoms with Crippen LogP contribution in [0.5, 0.6) is 5.75 Å². The van der Waals surface area contributed by atoms with Gasteiger partial charge in [-0.2, -0.15) is 8.78 Å². The van der Waals surface area contributed by atoms with Crippen molar-refractivity contribution in [2.24, 2.45) is 5.92 Å². The number of carboxylic acids is 1. The number of hydrogen-bond donors (Lipinski definition) is 0. The van der Waals surface area contributed by atoms with E-state index in [1.54, 1.807) is 20.8 Å². The fourth-order valence-corrected chi connectivity index (χ4v) is 2.00. The third-order valence-corrected chi connectivity index (χ3v) is 3.05. The minimum Gasteiger partial charge on any atom is -0.544 e. The number of carboxylic acid groups (broad SMARTS) is 1. The second-order valence-electron chi connectivity index (χ2n) is 6.84. The minimum atomic E-state index is -4.38. The highest BCUT2D eigenvalue weighted by molar-refractivity contribution is 5.93. The number of halogens is 3. The van der Waals surface area contributed by atoms with Crippen LogP contribution in [0.3, 0.4) is 0 Å². The molecular weight excluding hydrogens is 341 g/mol. The lowest BCUT2D eigenvalue weighted by atomic mass is 10.0. The van der Waals surface area contributed by atoms with Gasteiger partial charge in [0.05, 0.1) is 0 Å². The Morgan fingerprint density at radius 3 is 2.16 bits per heavy atom. The fraction of sp³-hybridized carbons (Fsp3) is 0.529. The van der Waals surface area contributed by atoms with Gasteiger partial charge < -0.3 is 19.4 Å². The lowest BCUT2D eigenvalue weighted by Gasteiger charge is -2.30. The average Bonchev–Trinajstić information content (AvgIpc) is 2.42. The Bertz CT molecular complexity index is 650. The van der Waals surface area contributed by atoms with E-state index in [1.807, 2.05) is 0 Å². The van der Waals surface area contributed by atoms with Crippen LogP contribution in [0.4, 0.5) is 13.2 Å². The highest BCUT2D eigenvalue weighted by atomic mass is 19.3. The van der Waals surface area contributed by atoms with E-state index in [0.717, 1.165) is 18.2 Å². The van der Waals surface area contributed by atoms with Gasteiger partial charge in [0, 0.05) is 6.07 Å². The van der Waals surface area contributed by atoms with Crippen LogP contribution in [-0.4, -0.2) is 29.6 Å². The molecule has 0 radical (unpaired) electrons. The van der Waals surface area contributed by atoms with Crippen molar-refractivity contribution in [3.8, 4) is 5.75 Å². The van der Waals surface area contributed by atoms with E-state index in [-0.39, 0.29) is 11.3 Å². The Kier molecular flexibility index (Phi) is 6.09. The number of carbonyl (C=O) groups excluding carboxylic acids is 2. The summed E-state index contributed by atoms with van der Waals surface area (Å²) < 4.78 is 51.1. The number of carbonyl (C=O) groups is 2. The van der Waals surface area contributed by atoms with Crippen molar-refractivity contribution in [1.82, 2.24) is 0 Å². The molecule has 1 atom stereocenters. The van der Waals surface area contributed by atoms with Gasteiger partial charge in [-0.3, -0.25) is 0 Å². The molecule has 0 fully saturated rings. The molecule has 8 heteroatoms. The van der Waals surface area contributed by atoms with Gasteiger partial charge in [-0.1, -0.05) is 13.8 Å². The lowest BCUT2D eigenvalue weighted by Crippen LogP contribution is -2.53. The highest BCUT2D eigenvalue weighted by Crippen LogP contribution is 2.30. The third kappa shape index (κ3) is 5.37. The van der Waals surface area contributed by atoms with Gasteiger partial charge in [-0.15, -0.1) is 0 Å². The van der Waals surface area contributed by atoms with Crippen molar-refractivity contribution in [2.45, 2.75) is 52.2 Å². The Labute approximate surface area is 143 Å². The first-order chi connectivity index (χ1) is 11.3. The van der Waals surface area contributed by atoms with Crippen molar-refractivity contribution in [2.75, 3.05) is 0 Å². The van der Waals surface area contributed by atoms with Gasteiger partial charge >= 0.3 is 11.9 Å². The summed E-state index contributed by atoms with van der Waals surface area (Å²) in [5, 5.41) is 10.7. The molecule has 0 heterocycles. The molecule has 0 aliphatic rings. The quantitative estimate of drug-likeness (QED) is 0.728. The number of esters is 1.